The van der Waals surface area contributed by atoms with Gasteiger partial charge in [0.15, 0.2) is 0 Å². The van der Waals surface area contributed by atoms with E-state index in [0.717, 1.165) is 38.0 Å². The van der Waals surface area contributed by atoms with Crippen molar-refractivity contribution in [3.8, 4) is 0 Å². The number of carbonyl (C=O) groups is 1. The Bertz CT molecular complexity index is 650. The van der Waals surface area contributed by atoms with E-state index in [2.05, 4.69) is 19.0 Å². The first-order valence-corrected chi connectivity index (χ1v) is 9.20. The Morgan fingerprint density at radius 3 is 2.96 bits per heavy atom. The average Bonchev–Trinajstić information content (AvgIpc) is 3.19. The number of fused-ring (bicyclic) bond motifs is 1. The van der Waals surface area contributed by atoms with Gasteiger partial charge in [-0.05, 0) is 38.6 Å². The zero-order chi connectivity index (χ0) is 16.9. The molecule has 1 aromatic rings. The van der Waals surface area contributed by atoms with E-state index in [1.165, 1.54) is 0 Å². The normalized spacial score (nSPS) is 34.2. The maximum atomic E-state index is 12.8. The van der Waals surface area contributed by atoms with Crippen LogP contribution in [0.25, 0.3) is 0 Å². The van der Waals surface area contributed by atoms with E-state index >= 15 is 0 Å². The van der Waals surface area contributed by atoms with Crippen LogP contribution in [-0.4, -0.2) is 61.1 Å². The molecule has 4 atom stereocenters. The van der Waals surface area contributed by atoms with E-state index in [1.807, 2.05) is 29.2 Å². The van der Waals surface area contributed by atoms with Crippen LogP contribution in [0.3, 0.4) is 0 Å². The smallest absolute Gasteiger partial charge is 0.227 e. The van der Waals surface area contributed by atoms with Crippen LogP contribution in [0.15, 0.2) is 24.3 Å². The third-order valence-electron chi connectivity index (χ3n) is 6.01. The van der Waals surface area contributed by atoms with E-state index in [-0.39, 0.29) is 11.5 Å². The number of halogens is 1. The summed E-state index contributed by atoms with van der Waals surface area (Å²) in [7, 11) is 4.24. The second-order valence-corrected chi connectivity index (χ2v) is 8.24. The summed E-state index contributed by atoms with van der Waals surface area (Å²) in [5.74, 6) is 1.20. The number of nitrogens with zero attached hydrogens (tertiary/aromatic N) is 2. The summed E-state index contributed by atoms with van der Waals surface area (Å²) < 4.78 is 6.41. The maximum absolute atomic E-state index is 12.8. The van der Waals surface area contributed by atoms with Gasteiger partial charge in [-0.1, -0.05) is 29.8 Å². The van der Waals surface area contributed by atoms with Gasteiger partial charge in [0, 0.05) is 29.9 Å². The predicted molar refractivity (Wildman–Crippen MR) is 94.1 cm³/mol. The molecule has 0 radical (unpaired) electrons. The Hall–Kier alpha value is -1.10. The van der Waals surface area contributed by atoms with Crippen molar-refractivity contribution in [3.05, 3.63) is 34.9 Å². The summed E-state index contributed by atoms with van der Waals surface area (Å²) in [5.41, 5.74) is 0.829. The number of amides is 1. The number of hydrogen-bond donors (Lipinski definition) is 0. The van der Waals surface area contributed by atoms with Gasteiger partial charge in [-0.2, -0.15) is 0 Å². The van der Waals surface area contributed by atoms with Crippen molar-refractivity contribution >= 4 is 17.5 Å². The minimum Gasteiger partial charge on any atom is -0.369 e. The largest absolute Gasteiger partial charge is 0.369 e. The first-order chi connectivity index (χ1) is 11.5. The van der Waals surface area contributed by atoms with Crippen LogP contribution in [0.2, 0.25) is 5.02 Å². The van der Waals surface area contributed by atoms with Gasteiger partial charge in [0.1, 0.15) is 0 Å². The molecular formula is C19H25ClN2O2. The summed E-state index contributed by atoms with van der Waals surface area (Å²) in [6, 6.07) is 7.61. The first-order valence-electron chi connectivity index (χ1n) is 8.82. The van der Waals surface area contributed by atoms with E-state index in [9.17, 15) is 4.79 Å². The van der Waals surface area contributed by atoms with Gasteiger partial charge in [0.25, 0.3) is 0 Å². The molecule has 3 aliphatic rings. The summed E-state index contributed by atoms with van der Waals surface area (Å²) in [6.45, 7) is 2.63. The van der Waals surface area contributed by atoms with Crippen LogP contribution in [0.5, 0.6) is 0 Å². The lowest BCUT2D eigenvalue weighted by atomic mass is 9.73. The van der Waals surface area contributed by atoms with Crippen molar-refractivity contribution in [2.45, 2.75) is 31.0 Å². The van der Waals surface area contributed by atoms with Gasteiger partial charge in [-0.25, -0.2) is 0 Å². The van der Waals surface area contributed by atoms with Gasteiger partial charge < -0.3 is 14.5 Å². The highest BCUT2D eigenvalue weighted by atomic mass is 35.5. The molecule has 0 aliphatic carbocycles. The lowest BCUT2D eigenvalue weighted by Gasteiger charge is -2.30. The molecule has 2 bridgehead atoms. The summed E-state index contributed by atoms with van der Waals surface area (Å²) >= 11 is 6.21. The lowest BCUT2D eigenvalue weighted by Crippen LogP contribution is -2.40. The fourth-order valence-electron chi connectivity index (χ4n) is 4.96. The number of likely N-dealkylation sites (tertiary alicyclic amines) is 1. The first kappa shape index (κ1) is 16.4. The van der Waals surface area contributed by atoms with Crippen LogP contribution < -0.4 is 0 Å². The predicted octanol–water partition coefficient (Wildman–Crippen LogP) is 2.45. The minimum absolute atomic E-state index is 0.0819. The zero-order valence-electron chi connectivity index (χ0n) is 14.4. The molecule has 1 aromatic carbocycles. The van der Waals surface area contributed by atoms with E-state index < -0.39 is 0 Å². The quantitative estimate of drug-likeness (QED) is 0.838. The Kier molecular flexibility index (Phi) is 4.10. The highest BCUT2D eigenvalue weighted by Crippen LogP contribution is 2.54. The topological polar surface area (TPSA) is 32.8 Å². The molecule has 3 fully saturated rings. The molecular weight excluding hydrogens is 324 g/mol. The van der Waals surface area contributed by atoms with Crippen molar-refractivity contribution in [3.63, 3.8) is 0 Å². The fraction of sp³-hybridized carbons (Fsp3) is 0.632. The van der Waals surface area contributed by atoms with Crippen LogP contribution in [-0.2, 0) is 16.0 Å². The van der Waals surface area contributed by atoms with Gasteiger partial charge in [0.2, 0.25) is 5.91 Å². The maximum Gasteiger partial charge on any atom is 0.227 e. The van der Waals surface area contributed by atoms with Crippen molar-refractivity contribution in [1.82, 2.24) is 9.80 Å². The number of rotatable bonds is 4. The number of benzene rings is 1. The molecule has 0 N–H and O–H groups in total. The highest BCUT2D eigenvalue weighted by Gasteiger charge is 2.63. The number of hydrogen-bond acceptors (Lipinski definition) is 3. The summed E-state index contributed by atoms with van der Waals surface area (Å²) in [6.07, 6.45) is 3.01. The minimum atomic E-state index is -0.0819. The third-order valence-corrected chi connectivity index (χ3v) is 6.38. The van der Waals surface area contributed by atoms with Crippen LogP contribution in [0, 0.1) is 11.8 Å². The summed E-state index contributed by atoms with van der Waals surface area (Å²) in [4.78, 5) is 17.1. The zero-order valence-corrected chi connectivity index (χ0v) is 15.1. The molecule has 24 heavy (non-hydrogen) atoms. The second kappa shape index (κ2) is 6.01. The molecule has 3 aliphatic heterocycles. The van der Waals surface area contributed by atoms with Crippen LogP contribution in [0.1, 0.15) is 18.4 Å². The van der Waals surface area contributed by atoms with Crippen LogP contribution >= 0.6 is 11.6 Å². The standard InChI is InChI=1S/C19H25ClN2O2/c1-21(2)10-14-15-11-22(12-19(15)8-7-17(14)24-19)18(23)9-13-5-3-4-6-16(13)20/h3-6,14-15,17H,7-12H2,1-2H3/t14-,15+,17+,19+/m0/s1. The van der Waals surface area contributed by atoms with Gasteiger partial charge in [-0.15, -0.1) is 0 Å². The Morgan fingerprint density at radius 1 is 1.42 bits per heavy atom. The molecule has 0 saturated carbocycles. The van der Waals surface area contributed by atoms with Gasteiger partial charge in [-0.3, -0.25) is 4.79 Å². The van der Waals surface area contributed by atoms with Crippen LogP contribution in [0.4, 0.5) is 0 Å². The SMILES string of the molecule is CN(C)C[C@H]1[C@H]2CN(C(=O)Cc3ccccc3Cl)C[C@]23CC[C@H]1O3. The Balaban J connectivity index is 1.48. The second-order valence-electron chi connectivity index (χ2n) is 7.83. The number of carbonyl (C=O) groups excluding carboxylic acids is 1. The third kappa shape index (κ3) is 2.65. The van der Waals surface area contributed by atoms with Crippen molar-refractivity contribution in [1.29, 1.82) is 0 Å². The van der Waals surface area contributed by atoms with E-state index in [4.69, 9.17) is 16.3 Å². The van der Waals surface area contributed by atoms with Crippen molar-refractivity contribution in [2.24, 2.45) is 11.8 Å². The molecule has 0 aromatic heterocycles. The van der Waals surface area contributed by atoms with Crippen molar-refractivity contribution < 1.29 is 9.53 Å². The highest BCUT2D eigenvalue weighted by molar-refractivity contribution is 6.31. The Morgan fingerprint density at radius 2 is 2.21 bits per heavy atom. The average molecular weight is 349 g/mol. The molecule has 3 heterocycles. The molecule has 0 unspecified atom stereocenters. The molecule has 3 saturated heterocycles. The van der Waals surface area contributed by atoms with Gasteiger partial charge >= 0.3 is 0 Å². The molecule has 4 nitrogen and oxygen atoms in total. The molecule has 1 amide bonds. The van der Waals surface area contributed by atoms with E-state index in [0.29, 0.717) is 29.4 Å². The van der Waals surface area contributed by atoms with Crippen molar-refractivity contribution in [2.75, 3.05) is 33.7 Å². The van der Waals surface area contributed by atoms with E-state index in [1.54, 1.807) is 0 Å². The molecule has 1 spiro atoms. The fourth-order valence-corrected chi connectivity index (χ4v) is 5.17. The number of ether oxygens (including phenoxy) is 1. The molecule has 130 valence electrons. The Labute approximate surface area is 148 Å². The monoisotopic (exact) mass is 348 g/mol. The molecule has 5 heteroatoms. The van der Waals surface area contributed by atoms with Gasteiger partial charge in [0.05, 0.1) is 24.7 Å². The lowest BCUT2D eigenvalue weighted by molar-refractivity contribution is -0.131. The molecule has 4 rings (SSSR count). The summed E-state index contributed by atoms with van der Waals surface area (Å²) in [5, 5.41) is 0.672.